The first-order valence-corrected chi connectivity index (χ1v) is 17.2. The predicted octanol–water partition coefficient (Wildman–Crippen LogP) is 12.9. The van der Waals surface area contributed by atoms with Crippen molar-refractivity contribution >= 4 is 43.6 Å². The summed E-state index contributed by atoms with van der Waals surface area (Å²) in [6.45, 7) is 0. The summed E-state index contributed by atoms with van der Waals surface area (Å²) in [7, 11) is 0. The molecule has 0 amide bonds. The molecule has 2 heteroatoms. The molecule has 50 heavy (non-hydrogen) atoms. The quantitative estimate of drug-likeness (QED) is 0.178. The van der Waals surface area contributed by atoms with Crippen molar-refractivity contribution < 1.29 is 0 Å². The molecule has 0 aliphatic carbocycles. The second-order valence-electron chi connectivity index (χ2n) is 12.9. The topological polar surface area (TPSA) is 9.86 Å². The van der Waals surface area contributed by atoms with E-state index >= 15 is 0 Å². The lowest BCUT2D eigenvalue weighted by molar-refractivity contribution is 1.18. The number of aromatic nitrogens is 2. The molecule has 10 rings (SSSR count). The fourth-order valence-electron chi connectivity index (χ4n) is 7.89. The molecule has 0 unspecified atom stereocenters. The molecule has 0 bridgehead atoms. The fourth-order valence-corrected chi connectivity index (χ4v) is 7.89. The normalized spacial score (nSPS) is 11.6. The van der Waals surface area contributed by atoms with Gasteiger partial charge in [0.1, 0.15) is 0 Å². The number of rotatable bonds is 5. The van der Waals surface area contributed by atoms with E-state index in [1.54, 1.807) is 0 Å². The van der Waals surface area contributed by atoms with Crippen LogP contribution in [0.5, 0.6) is 0 Å². The first-order valence-electron chi connectivity index (χ1n) is 17.2. The molecule has 8 aromatic carbocycles. The molecule has 2 nitrogen and oxygen atoms in total. The van der Waals surface area contributed by atoms with Crippen LogP contribution in [-0.2, 0) is 0 Å². The van der Waals surface area contributed by atoms with Gasteiger partial charge in [-0.25, -0.2) is 0 Å². The molecular weight excluding hydrogens is 605 g/mol. The molecule has 0 atom stereocenters. The molecule has 0 spiro atoms. The Hall–Kier alpha value is -6.64. The summed E-state index contributed by atoms with van der Waals surface area (Å²) in [5, 5.41) is 4.99. The van der Waals surface area contributed by atoms with E-state index in [9.17, 15) is 0 Å². The summed E-state index contributed by atoms with van der Waals surface area (Å²) >= 11 is 0. The highest BCUT2D eigenvalue weighted by molar-refractivity contribution is 6.17. The molecule has 10 aromatic rings. The fraction of sp³-hybridized carbons (Fsp3) is 0. The van der Waals surface area contributed by atoms with Crippen LogP contribution in [0.25, 0.3) is 88.4 Å². The van der Waals surface area contributed by atoms with Gasteiger partial charge in [0.25, 0.3) is 0 Å². The summed E-state index contributed by atoms with van der Waals surface area (Å²) in [6, 6.07) is 70.4. The number of para-hydroxylation sites is 3. The van der Waals surface area contributed by atoms with Gasteiger partial charge in [0.05, 0.1) is 27.8 Å². The molecule has 0 aliphatic rings. The molecule has 0 saturated carbocycles. The molecule has 0 saturated heterocycles. The van der Waals surface area contributed by atoms with Crippen LogP contribution in [0.15, 0.2) is 194 Å². The van der Waals surface area contributed by atoms with Gasteiger partial charge in [-0.1, -0.05) is 152 Å². The average Bonchev–Trinajstić information content (AvgIpc) is 3.71. The minimum absolute atomic E-state index is 1.16. The molecule has 2 heterocycles. The second kappa shape index (κ2) is 11.5. The second-order valence-corrected chi connectivity index (χ2v) is 12.9. The van der Waals surface area contributed by atoms with Gasteiger partial charge in [0.2, 0.25) is 0 Å². The van der Waals surface area contributed by atoms with E-state index in [2.05, 4.69) is 203 Å². The maximum absolute atomic E-state index is 2.49. The van der Waals surface area contributed by atoms with Crippen LogP contribution in [0.4, 0.5) is 0 Å². The lowest BCUT2D eigenvalue weighted by Gasteiger charge is -2.16. The Morgan fingerprint density at radius 1 is 0.280 bits per heavy atom. The summed E-state index contributed by atoms with van der Waals surface area (Å²) in [6.07, 6.45) is 0. The largest absolute Gasteiger partial charge is 0.309 e. The molecule has 0 aliphatic heterocycles. The SMILES string of the molecule is c1ccc(-c2ccc3c4ccc(-c5ccccc5)cc4n(-c4ccccc4-c4cccc5c4c4ccccc4n5-c4ccccc4)c3c2)cc1. The van der Waals surface area contributed by atoms with Crippen LogP contribution in [0.1, 0.15) is 0 Å². The van der Waals surface area contributed by atoms with Gasteiger partial charge in [0.15, 0.2) is 0 Å². The number of hydrogen-bond donors (Lipinski definition) is 0. The average molecular weight is 637 g/mol. The maximum Gasteiger partial charge on any atom is 0.0547 e. The zero-order chi connectivity index (χ0) is 33.0. The molecule has 0 N–H and O–H groups in total. The Balaban J connectivity index is 1.30. The van der Waals surface area contributed by atoms with Gasteiger partial charge in [0, 0.05) is 32.8 Å². The van der Waals surface area contributed by atoms with Crippen LogP contribution >= 0.6 is 0 Å². The lowest BCUT2D eigenvalue weighted by Crippen LogP contribution is -1.98. The first kappa shape index (κ1) is 28.4. The number of nitrogens with zero attached hydrogens (tertiary/aromatic N) is 2. The summed E-state index contributed by atoms with van der Waals surface area (Å²) in [5.74, 6) is 0. The Labute approximate surface area is 290 Å². The van der Waals surface area contributed by atoms with Crippen molar-refractivity contribution in [1.82, 2.24) is 9.13 Å². The maximum atomic E-state index is 2.49. The molecule has 0 fully saturated rings. The Bertz CT molecular complexity index is 2740. The van der Waals surface area contributed by atoms with Gasteiger partial charge in [-0.15, -0.1) is 0 Å². The van der Waals surface area contributed by atoms with Crippen molar-refractivity contribution in [1.29, 1.82) is 0 Å². The van der Waals surface area contributed by atoms with Gasteiger partial charge in [-0.05, 0) is 70.3 Å². The van der Waals surface area contributed by atoms with E-state index in [1.165, 1.54) is 77.0 Å². The Kier molecular flexibility index (Phi) is 6.53. The number of hydrogen-bond acceptors (Lipinski definition) is 0. The van der Waals surface area contributed by atoms with Crippen LogP contribution in [0.3, 0.4) is 0 Å². The molecule has 234 valence electrons. The highest BCUT2D eigenvalue weighted by Gasteiger charge is 2.21. The minimum atomic E-state index is 1.16. The van der Waals surface area contributed by atoms with E-state index in [4.69, 9.17) is 0 Å². The van der Waals surface area contributed by atoms with Gasteiger partial charge >= 0.3 is 0 Å². The zero-order valence-electron chi connectivity index (χ0n) is 27.4. The molecule has 0 radical (unpaired) electrons. The van der Waals surface area contributed by atoms with Crippen molar-refractivity contribution in [2.75, 3.05) is 0 Å². The standard InChI is InChI=1S/C48H32N2/c1-4-15-33(16-5-1)35-27-29-39-40-30-28-36(34-17-6-2-7-18-34)32-47(40)50(46(39)31-35)43-24-12-10-21-38(43)41-23-14-26-45-48(41)42-22-11-13-25-44(42)49(45)37-19-8-3-9-20-37/h1-32H. The Morgan fingerprint density at radius 3 is 1.46 bits per heavy atom. The van der Waals surface area contributed by atoms with Gasteiger partial charge in [-0.3, -0.25) is 0 Å². The summed E-state index contributed by atoms with van der Waals surface area (Å²) in [5.41, 5.74) is 14.4. The van der Waals surface area contributed by atoms with Crippen molar-refractivity contribution in [2.45, 2.75) is 0 Å². The third kappa shape index (κ3) is 4.43. The van der Waals surface area contributed by atoms with Crippen molar-refractivity contribution in [3.8, 4) is 44.8 Å². The van der Waals surface area contributed by atoms with E-state index in [1.807, 2.05) is 0 Å². The number of fused-ring (bicyclic) bond motifs is 6. The van der Waals surface area contributed by atoms with E-state index < -0.39 is 0 Å². The third-order valence-electron chi connectivity index (χ3n) is 10.1. The molecular formula is C48H32N2. The predicted molar refractivity (Wildman–Crippen MR) is 211 cm³/mol. The van der Waals surface area contributed by atoms with Gasteiger partial charge in [-0.2, -0.15) is 0 Å². The summed E-state index contributed by atoms with van der Waals surface area (Å²) in [4.78, 5) is 0. The summed E-state index contributed by atoms with van der Waals surface area (Å²) < 4.78 is 4.89. The smallest absolute Gasteiger partial charge is 0.0547 e. The van der Waals surface area contributed by atoms with E-state index in [0.29, 0.717) is 0 Å². The van der Waals surface area contributed by atoms with Crippen LogP contribution < -0.4 is 0 Å². The number of benzene rings is 8. The van der Waals surface area contributed by atoms with Crippen molar-refractivity contribution in [2.24, 2.45) is 0 Å². The van der Waals surface area contributed by atoms with Crippen LogP contribution in [-0.4, -0.2) is 9.13 Å². The van der Waals surface area contributed by atoms with Crippen molar-refractivity contribution in [3.63, 3.8) is 0 Å². The van der Waals surface area contributed by atoms with Crippen molar-refractivity contribution in [3.05, 3.63) is 194 Å². The van der Waals surface area contributed by atoms with E-state index in [-0.39, 0.29) is 0 Å². The third-order valence-corrected chi connectivity index (χ3v) is 10.1. The monoisotopic (exact) mass is 636 g/mol. The Morgan fingerprint density at radius 2 is 0.800 bits per heavy atom. The zero-order valence-corrected chi connectivity index (χ0v) is 27.4. The lowest BCUT2D eigenvalue weighted by atomic mass is 9.97. The van der Waals surface area contributed by atoms with Crippen LogP contribution in [0, 0.1) is 0 Å². The highest BCUT2D eigenvalue weighted by atomic mass is 15.0. The highest BCUT2D eigenvalue weighted by Crippen LogP contribution is 2.43. The van der Waals surface area contributed by atoms with Crippen LogP contribution in [0.2, 0.25) is 0 Å². The first-order chi connectivity index (χ1) is 24.8. The minimum Gasteiger partial charge on any atom is -0.309 e. The van der Waals surface area contributed by atoms with E-state index in [0.717, 1.165) is 11.4 Å². The van der Waals surface area contributed by atoms with Gasteiger partial charge < -0.3 is 9.13 Å². The molecule has 2 aromatic heterocycles.